The van der Waals surface area contributed by atoms with Crippen LogP contribution in [0.15, 0.2) is 64.9 Å². The number of amides is 1. The Morgan fingerprint density at radius 3 is 2.34 bits per heavy atom. The van der Waals surface area contributed by atoms with E-state index < -0.39 is 10.0 Å². The number of thiazole rings is 2. The van der Waals surface area contributed by atoms with Crippen LogP contribution in [0.5, 0.6) is 0 Å². The number of halogens is 1. The van der Waals surface area contributed by atoms with Crippen LogP contribution in [0.25, 0.3) is 10.6 Å². The number of anilines is 3. The molecule has 2 aromatic carbocycles. The topological polar surface area (TPSA) is 127 Å². The highest BCUT2D eigenvalue weighted by molar-refractivity contribution is 8.93. The van der Waals surface area contributed by atoms with E-state index in [4.69, 9.17) is 5.14 Å². The van der Waals surface area contributed by atoms with Crippen molar-refractivity contribution in [2.45, 2.75) is 11.8 Å². The van der Waals surface area contributed by atoms with Crippen LogP contribution in [0.2, 0.25) is 0 Å². The number of nitrogens with two attached hydrogens (primary N) is 1. The van der Waals surface area contributed by atoms with Crippen LogP contribution < -0.4 is 15.8 Å². The highest BCUT2D eigenvalue weighted by atomic mass is 79.9. The van der Waals surface area contributed by atoms with Gasteiger partial charge in [0.05, 0.1) is 21.2 Å². The number of hydrogen-bond acceptors (Lipinski definition) is 8. The van der Waals surface area contributed by atoms with Crippen LogP contribution in [0.3, 0.4) is 0 Å². The molecule has 0 bridgehead atoms. The number of aryl methyl sites for hydroxylation is 1. The fourth-order valence-electron chi connectivity index (χ4n) is 2.73. The van der Waals surface area contributed by atoms with E-state index in [9.17, 15) is 13.2 Å². The van der Waals surface area contributed by atoms with Crippen molar-refractivity contribution in [2.24, 2.45) is 5.14 Å². The lowest BCUT2D eigenvalue weighted by atomic mass is 10.2. The first-order valence-corrected chi connectivity index (χ1v) is 12.2. The monoisotopic (exact) mass is 551 g/mol. The second kappa shape index (κ2) is 9.88. The van der Waals surface area contributed by atoms with Gasteiger partial charge in [0, 0.05) is 16.6 Å². The summed E-state index contributed by atoms with van der Waals surface area (Å²) in [6, 6.07) is 15.0. The second-order valence-corrected chi connectivity index (χ2v) is 9.90. The summed E-state index contributed by atoms with van der Waals surface area (Å²) in [7, 11) is -3.73. The summed E-state index contributed by atoms with van der Waals surface area (Å²) in [5.41, 5.74) is 2.75. The van der Waals surface area contributed by atoms with Crippen LogP contribution in [0.1, 0.15) is 16.1 Å². The standard InChI is InChI=1S/C20H17N5O3S3.BrH/c1-12-17(30-20(22-12)25-18(26)13-5-3-2-4-6-13)16-11-29-19(24-16)23-14-7-9-15(10-8-14)31(21,27)28;/h2-11H,1H3,(H,23,24)(H2,21,27,28)(H,22,25,26);1H. The molecule has 32 heavy (non-hydrogen) atoms. The van der Waals surface area contributed by atoms with Crippen molar-refractivity contribution in [1.82, 2.24) is 9.97 Å². The Morgan fingerprint density at radius 2 is 1.69 bits per heavy atom. The molecule has 4 aromatic rings. The molecule has 0 unspecified atom stereocenters. The first kappa shape index (κ1) is 24.0. The van der Waals surface area contributed by atoms with Gasteiger partial charge in [-0.15, -0.1) is 28.3 Å². The van der Waals surface area contributed by atoms with E-state index in [1.54, 1.807) is 36.4 Å². The van der Waals surface area contributed by atoms with Crippen molar-refractivity contribution >= 4 is 71.5 Å². The number of carbonyl (C=O) groups excluding carboxylic acids is 1. The summed E-state index contributed by atoms with van der Waals surface area (Å²) in [5.74, 6) is -0.218. The Kier molecular flexibility index (Phi) is 7.41. The zero-order valence-electron chi connectivity index (χ0n) is 16.6. The molecule has 0 radical (unpaired) electrons. The molecule has 0 saturated heterocycles. The fraction of sp³-hybridized carbons (Fsp3) is 0.0500. The van der Waals surface area contributed by atoms with Crippen molar-refractivity contribution in [1.29, 1.82) is 0 Å². The van der Waals surface area contributed by atoms with E-state index in [1.807, 2.05) is 18.4 Å². The minimum atomic E-state index is -3.73. The van der Waals surface area contributed by atoms with Gasteiger partial charge in [-0.25, -0.2) is 23.5 Å². The maximum Gasteiger partial charge on any atom is 0.257 e. The number of sulfonamides is 1. The number of primary sulfonamides is 1. The van der Waals surface area contributed by atoms with E-state index in [0.29, 0.717) is 21.5 Å². The maximum atomic E-state index is 12.4. The van der Waals surface area contributed by atoms with Gasteiger partial charge in [0.25, 0.3) is 5.91 Å². The molecular weight excluding hydrogens is 534 g/mol. The van der Waals surface area contributed by atoms with Crippen molar-refractivity contribution in [3.63, 3.8) is 0 Å². The van der Waals surface area contributed by atoms with Crippen LogP contribution in [0, 0.1) is 6.92 Å². The molecule has 2 heterocycles. The Hall–Kier alpha value is -2.64. The molecule has 12 heteroatoms. The highest BCUT2D eigenvalue weighted by Crippen LogP contribution is 2.35. The van der Waals surface area contributed by atoms with E-state index in [2.05, 4.69) is 20.6 Å². The first-order chi connectivity index (χ1) is 14.8. The summed E-state index contributed by atoms with van der Waals surface area (Å²) in [5, 5.41) is 14.1. The third-order valence-corrected chi connectivity index (χ3v) is 7.01. The van der Waals surface area contributed by atoms with Gasteiger partial charge < -0.3 is 5.32 Å². The quantitative estimate of drug-likeness (QED) is 0.316. The molecule has 0 fully saturated rings. The summed E-state index contributed by atoms with van der Waals surface area (Å²) >= 11 is 2.76. The molecule has 2 aromatic heterocycles. The van der Waals surface area contributed by atoms with E-state index in [0.717, 1.165) is 16.3 Å². The van der Waals surface area contributed by atoms with Crippen LogP contribution in [-0.2, 0) is 10.0 Å². The van der Waals surface area contributed by atoms with E-state index in [-0.39, 0.29) is 27.8 Å². The highest BCUT2D eigenvalue weighted by Gasteiger charge is 2.16. The molecule has 0 spiro atoms. The molecule has 0 aliphatic heterocycles. The molecular formula is C20H18BrN5O3S3. The molecule has 166 valence electrons. The van der Waals surface area contributed by atoms with E-state index in [1.165, 1.54) is 34.8 Å². The molecule has 4 rings (SSSR count). The van der Waals surface area contributed by atoms with Crippen molar-refractivity contribution in [2.75, 3.05) is 10.6 Å². The molecule has 1 amide bonds. The van der Waals surface area contributed by atoms with Gasteiger partial charge in [-0.2, -0.15) is 0 Å². The van der Waals surface area contributed by atoms with Crippen LogP contribution in [0.4, 0.5) is 16.0 Å². The van der Waals surface area contributed by atoms with Crippen molar-refractivity contribution < 1.29 is 13.2 Å². The minimum absolute atomic E-state index is 0. The number of carbonyl (C=O) groups is 1. The van der Waals surface area contributed by atoms with Gasteiger partial charge in [-0.05, 0) is 43.3 Å². The molecule has 0 atom stereocenters. The molecule has 4 N–H and O–H groups in total. The second-order valence-electron chi connectivity index (χ2n) is 6.49. The number of hydrogen-bond donors (Lipinski definition) is 3. The summed E-state index contributed by atoms with van der Waals surface area (Å²) < 4.78 is 22.7. The Labute approximate surface area is 203 Å². The largest absolute Gasteiger partial charge is 0.332 e. The van der Waals surface area contributed by atoms with Gasteiger partial charge in [0.15, 0.2) is 10.3 Å². The lowest BCUT2D eigenvalue weighted by Gasteiger charge is -2.03. The summed E-state index contributed by atoms with van der Waals surface area (Å²) in [6.07, 6.45) is 0. The first-order valence-electron chi connectivity index (χ1n) is 8.99. The minimum Gasteiger partial charge on any atom is -0.332 e. The van der Waals surface area contributed by atoms with Crippen molar-refractivity contribution in [3.8, 4) is 10.6 Å². The van der Waals surface area contributed by atoms with Crippen molar-refractivity contribution in [3.05, 3.63) is 71.2 Å². The van der Waals surface area contributed by atoms with Crippen LogP contribution >= 0.6 is 39.7 Å². The predicted molar refractivity (Wildman–Crippen MR) is 134 cm³/mol. The molecule has 0 aliphatic carbocycles. The fourth-order valence-corrected chi connectivity index (χ4v) is 4.97. The summed E-state index contributed by atoms with van der Waals surface area (Å²) in [4.78, 5) is 22.3. The van der Waals surface area contributed by atoms with E-state index >= 15 is 0 Å². The normalized spacial score (nSPS) is 10.9. The number of aromatic nitrogens is 2. The number of nitrogens with one attached hydrogen (secondary N) is 2. The van der Waals surface area contributed by atoms with Gasteiger partial charge in [-0.1, -0.05) is 29.5 Å². The average molecular weight is 553 g/mol. The zero-order chi connectivity index (χ0) is 22.0. The lowest BCUT2D eigenvalue weighted by Crippen LogP contribution is -2.11. The molecule has 0 aliphatic rings. The molecule has 0 saturated carbocycles. The predicted octanol–water partition coefficient (Wildman–Crippen LogP) is 4.80. The third kappa shape index (κ3) is 5.58. The SMILES string of the molecule is Br.Cc1nc(NC(=O)c2ccccc2)sc1-c1csc(Nc2ccc(S(N)(=O)=O)cc2)n1. The maximum absolute atomic E-state index is 12.4. The lowest BCUT2D eigenvalue weighted by molar-refractivity contribution is 0.102. The van der Waals surface area contributed by atoms with Crippen LogP contribution in [-0.4, -0.2) is 24.3 Å². The van der Waals surface area contributed by atoms with Gasteiger partial charge in [0.1, 0.15) is 0 Å². The molecule has 8 nitrogen and oxygen atoms in total. The number of nitrogens with zero attached hydrogens (tertiary/aromatic N) is 2. The number of rotatable bonds is 6. The van der Waals surface area contributed by atoms with Gasteiger partial charge in [0.2, 0.25) is 10.0 Å². The third-order valence-electron chi connectivity index (χ3n) is 4.22. The number of benzene rings is 2. The summed E-state index contributed by atoms with van der Waals surface area (Å²) in [6.45, 7) is 1.86. The Morgan fingerprint density at radius 1 is 1.00 bits per heavy atom. The van der Waals surface area contributed by atoms with Gasteiger partial charge in [-0.3, -0.25) is 10.1 Å². The average Bonchev–Trinajstić information content (AvgIpc) is 3.34. The smallest absolute Gasteiger partial charge is 0.257 e. The van der Waals surface area contributed by atoms with Gasteiger partial charge >= 0.3 is 0 Å². The zero-order valence-corrected chi connectivity index (χ0v) is 20.8. The Balaban J connectivity index is 0.00000289. The Bertz CT molecular complexity index is 1340.